The number of ether oxygens (including phenoxy) is 1. The summed E-state index contributed by atoms with van der Waals surface area (Å²) in [6.45, 7) is 2.65. The van der Waals surface area contributed by atoms with Gasteiger partial charge in [-0.2, -0.15) is 0 Å². The highest BCUT2D eigenvalue weighted by atomic mass is 16.5. The van der Waals surface area contributed by atoms with Crippen LogP contribution in [-0.2, 0) is 4.79 Å². The number of para-hydroxylation sites is 1. The van der Waals surface area contributed by atoms with Crippen LogP contribution >= 0.6 is 0 Å². The van der Waals surface area contributed by atoms with Gasteiger partial charge in [0.1, 0.15) is 5.75 Å². The van der Waals surface area contributed by atoms with E-state index in [4.69, 9.17) is 10.6 Å². The lowest BCUT2D eigenvalue weighted by Gasteiger charge is -2.08. The second-order valence-corrected chi connectivity index (χ2v) is 4.26. The van der Waals surface area contributed by atoms with Crippen molar-refractivity contribution in [2.45, 2.75) is 32.6 Å². The average Bonchev–Trinajstić information content (AvgIpc) is 2.44. The van der Waals surface area contributed by atoms with E-state index in [1.807, 2.05) is 43.3 Å². The topological polar surface area (TPSA) is 64.3 Å². The molecule has 19 heavy (non-hydrogen) atoms. The lowest BCUT2D eigenvalue weighted by Crippen LogP contribution is -2.29. The van der Waals surface area contributed by atoms with Crippen molar-refractivity contribution in [2.75, 3.05) is 6.61 Å². The van der Waals surface area contributed by atoms with Gasteiger partial charge in [0.05, 0.1) is 6.61 Å². The second-order valence-electron chi connectivity index (χ2n) is 4.26. The van der Waals surface area contributed by atoms with E-state index in [0.29, 0.717) is 13.0 Å². The van der Waals surface area contributed by atoms with Gasteiger partial charge in [-0.1, -0.05) is 30.4 Å². The van der Waals surface area contributed by atoms with Crippen molar-refractivity contribution in [1.29, 1.82) is 0 Å². The van der Waals surface area contributed by atoms with E-state index in [1.165, 1.54) is 0 Å². The molecular weight excluding hydrogens is 240 g/mol. The van der Waals surface area contributed by atoms with E-state index in [9.17, 15) is 4.79 Å². The molecule has 0 spiro atoms. The Morgan fingerprint density at radius 1 is 1.32 bits per heavy atom. The van der Waals surface area contributed by atoms with E-state index < -0.39 is 0 Å². The van der Waals surface area contributed by atoms with Crippen LogP contribution in [0.15, 0.2) is 30.3 Å². The molecule has 1 aromatic carbocycles. The number of nitrogens with one attached hydrogen (secondary N) is 1. The lowest BCUT2D eigenvalue weighted by atomic mass is 10.2. The molecule has 0 heterocycles. The number of benzene rings is 1. The molecule has 0 aliphatic rings. The van der Waals surface area contributed by atoms with Crippen LogP contribution in [0.25, 0.3) is 6.08 Å². The van der Waals surface area contributed by atoms with Gasteiger partial charge >= 0.3 is 0 Å². The van der Waals surface area contributed by atoms with Crippen LogP contribution in [0.2, 0.25) is 0 Å². The maximum Gasteiger partial charge on any atom is 0.233 e. The maximum atomic E-state index is 10.9. The monoisotopic (exact) mass is 262 g/mol. The number of hydrogen-bond acceptors (Lipinski definition) is 3. The Morgan fingerprint density at radius 2 is 2.11 bits per heavy atom. The Labute approximate surface area is 114 Å². The van der Waals surface area contributed by atoms with Crippen molar-refractivity contribution in [1.82, 2.24) is 5.43 Å². The van der Waals surface area contributed by atoms with Gasteiger partial charge in [0.2, 0.25) is 5.91 Å². The molecule has 0 fully saturated rings. The molecule has 0 bridgehead atoms. The van der Waals surface area contributed by atoms with Gasteiger partial charge < -0.3 is 4.74 Å². The van der Waals surface area contributed by atoms with Gasteiger partial charge in [0.25, 0.3) is 0 Å². The van der Waals surface area contributed by atoms with E-state index in [-0.39, 0.29) is 5.91 Å². The fourth-order valence-electron chi connectivity index (χ4n) is 1.75. The minimum atomic E-state index is -0.112. The van der Waals surface area contributed by atoms with Crippen LogP contribution in [0.4, 0.5) is 0 Å². The van der Waals surface area contributed by atoms with Crippen molar-refractivity contribution >= 4 is 12.0 Å². The van der Waals surface area contributed by atoms with E-state index >= 15 is 0 Å². The molecule has 0 saturated carbocycles. The third-order valence-corrected chi connectivity index (χ3v) is 2.73. The predicted molar refractivity (Wildman–Crippen MR) is 77.4 cm³/mol. The Balaban J connectivity index is 2.24. The summed E-state index contributed by atoms with van der Waals surface area (Å²) in [7, 11) is 0. The fourth-order valence-corrected chi connectivity index (χ4v) is 1.75. The van der Waals surface area contributed by atoms with Crippen molar-refractivity contribution in [2.24, 2.45) is 5.84 Å². The van der Waals surface area contributed by atoms with Crippen LogP contribution in [-0.4, -0.2) is 12.5 Å². The summed E-state index contributed by atoms with van der Waals surface area (Å²) >= 11 is 0. The summed E-state index contributed by atoms with van der Waals surface area (Å²) < 4.78 is 5.75. The largest absolute Gasteiger partial charge is 0.493 e. The highest BCUT2D eigenvalue weighted by Gasteiger charge is 2.00. The van der Waals surface area contributed by atoms with Gasteiger partial charge in [-0.05, 0) is 32.3 Å². The highest BCUT2D eigenvalue weighted by Crippen LogP contribution is 2.19. The first kappa shape index (κ1) is 15.2. The number of hydrogen-bond donors (Lipinski definition) is 2. The van der Waals surface area contributed by atoms with E-state index in [0.717, 1.165) is 30.6 Å². The van der Waals surface area contributed by atoms with Gasteiger partial charge in [0, 0.05) is 12.0 Å². The summed E-state index contributed by atoms with van der Waals surface area (Å²) in [6.07, 6.45) is 7.23. The van der Waals surface area contributed by atoms with Crippen molar-refractivity contribution in [3.63, 3.8) is 0 Å². The van der Waals surface area contributed by atoms with Crippen LogP contribution in [0.5, 0.6) is 5.75 Å². The predicted octanol–water partition coefficient (Wildman–Crippen LogP) is 2.65. The number of rotatable bonds is 8. The zero-order chi connectivity index (χ0) is 13.9. The van der Waals surface area contributed by atoms with E-state index in [2.05, 4.69) is 5.43 Å². The molecule has 1 aromatic rings. The molecule has 1 rings (SSSR count). The Hall–Kier alpha value is -1.81. The Kier molecular flexibility index (Phi) is 7.35. The smallest absolute Gasteiger partial charge is 0.233 e. The van der Waals surface area contributed by atoms with E-state index in [1.54, 1.807) is 0 Å². The van der Waals surface area contributed by atoms with Crippen molar-refractivity contribution in [3.05, 3.63) is 35.9 Å². The summed E-state index contributed by atoms with van der Waals surface area (Å²) in [5.74, 6) is 5.79. The first-order valence-electron chi connectivity index (χ1n) is 6.62. The van der Waals surface area contributed by atoms with Crippen LogP contribution in [0.1, 0.15) is 38.2 Å². The minimum absolute atomic E-state index is 0.112. The molecular formula is C15H22N2O2. The zero-order valence-corrected chi connectivity index (χ0v) is 11.4. The van der Waals surface area contributed by atoms with Crippen LogP contribution < -0.4 is 16.0 Å². The SMILES string of the molecule is CC=Cc1ccccc1OCCCCCC(=O)NN. The van der Waals surface area contributed by atoms with Crippen LogP contribution in [0, 0.1) is 0 Å². The molecule has 4 heteroatoms. The lowest BCUT2D eigenvalue weighted by molar-refractivity contribution is -0.121. The number of carbonyl (C=O) groups excluding carboxylic acids is 1. The standard InChI is InChI=1S/C15H22N2O2/c1-2-8-13-9-5-6-10-14(13)19-12-7-3-4-11-15(18)17-16/h2,5-6,8-10H,3-4,7,11-12,16H2,1H3,(H,17,18). The maximum absolute atomic E-state index is 10.9. The zero-order valence-electron chi connectivity index (χ0n) is 11.4. The normalized spacial score (nSPS) is 10.6. The fraction of sp³-hybridized carbons (Fsp3) is 0.400. The minimum Gasteiger partial charge on any atom is -0.493 e. The number of nitrogens with two attached hydrogens (primary N) is 1. The quantitative estimate of drug-likeness (QED) is 0.327. The molecule has 1 amide bonds. The summed E-state index contributed by atoms with van der Waals surface area (Å²) in [5, 5.41) is 0. The molecule has 0 aromatic heterocycles. The summed E-state index contributed by atoms with van der Waals surface area (Å²) in [5.41, 5.74) is 3.22. The number of amides is 1. The molecule has 0 atom stereocenters. The third-order valence-electron chi connectivity index (χ3n) is 2.73. The van der Waals surface area contributed by atoms with Gasteiger partial charge in [-0.25, -0.2) is 5.84 Å². The summed E-state index contributed by atoms with van der Waals surface area (Å²) in [4.78, 5) is 10.9. The molecule has 104 valence electrons. The first-order chi connectivity index (χ1) is 9.27. The highest BCUT2D eigenvalue weighted by molar-refractivity contribution is 5.75. The third kappa shape index (κ3) is 6.06. The molecule has 3 N–H and O–H groups in total. The van der Waals surface area contributed by atoms with Crippen LogP contribution in [0.3, 0.4) is 0 Å². The number of allylic oxidation sites excluding steroid dienone is 1. The molecule has 4 nitrogen and oxygen atoms in total. The average molecular weight is 262 g/mol. The Morgan fingerprint density at radius 3 is 2.84 bits per heavy atom. The van der Waals surface area contributed by atoms with Gasteiger partial charge in [-0.15, -0.1) is 0 Å². The molecule has 0 aliphatic heterocycles. The molecule has 0 saturated heterocycles. The van der Waals surface area contributed by atoms with Crippen molar-refractivity contribution in [3.8, 4) is 5.75 Å². The second kappa shape index (κ2) is 9.16. The van der Waals surface area contributed by atoms with Gasteiger partial charge in [0.15, 0.2) is 0 Å². The first-order valence-corrected chi connectivity index (χ1v) is 6.62. The molecule has 0 unspecified atom stereocenters. The molecule has 0 aliphatic carbocycles. The molecule has 0 radical (unpaired) electrons. The Bertz CT molecular complexity index is 416. The number of unbranched alkanes of at least 4 members (excludes halogenated alkanes) is 2. The summed E-state index contributed by atoms with van der Waals surface area (Å²) in [6, 6.07) is 7.96. The van der Waals surface area contributed by atoms with Gasteiger partial charge in [-0.3, -0.25) is 10.2 Å². The number of carbonyl (C=O) groups is 1. The number of hydrazine groups is 1. The van der Waals surface area contributed by atoms with Crippen molar-refractivity contribution < 1.29 is 9.53 Å².